The number of ether oxygens (including phenoxy) is 3. The Labute approximate surface area is 237 Å². The molecule has 0 unspecified atom stereocenters. The molecule has 3 N–H and O–H groups in total. The molecular weight excluding hydrogens is 530 g/mol. The fourth-order valence-electron chi connectivity index (χ4n) is 7.47. The number of fused-ring (bicyclic) bond motifs is 3. The van der Waals surface area contributed by atoms with Crippen molar-refractivity contribution in [2.45, 2.75) is 103 Å². The Morgan fingerprint density at radius 3 is 2.26 bits per heavy atom. The Kier molecular flexibility index (Phi) is 9.81. The van der Waals surface area contributed by atoms with Crippen molar-refractivity contribution in [3.63, 3.8) is 0 Å². The molecule has 1 saturated heterocycles. The third-order valence-electron chi connectivity index (χ3n) is 9.58. The second-order valence-electron chi connectivity index (χ2n) is 12.4. The highest BCUT2D eigenvalue weighted by molar-refractivity contribution is 5.92. The molecule has 1 heterocycles. The zero-order valence-electron chi connectivity index (χ0n) is 24.2. The molecule has 39 heavy (non-hydrogen) atoms. The van der Waals surface area contributed by atoms with Gasteiger partial charge < -0.3 is 29.5 Å². The van der Waals surface area contributed by atoms with Gasteiger partial charge in [0.1, 0.15) is 5.60 Å². The Morgan fingerprint density at radius 2 is 1.72 bits per heavy atom. The average molecular weight is 576 g/mol. The van der Waals surface area contributed by atoms with E-state index in [1.165, 1.54) is 13.0 Å². The summed E-state index contributed by atoms with van der Waals surface area (Å²) in [4.78, 5) is 40.9. The van der Waals surface area contributed by atoms with Crippen LogP contribution >= 0.6 is 12.4 Å². The standard InChI is InChI=1S/C28H45NO9.ClH/c1-9-25(6)14-18(31)28(35)26(7)17(30)12-13-24(4,5)22(26)21(34)23(27(28,8)38-25)37-20(33)16-36-19(32)15-29(10-2)11-3;/h9,17,21-23,30,34-35H,1,10-16H2,2-8H3;1H/t17-,21-,22-,23-,25-,26-,27+,28-;/m0./s1. The van der Waals surface area contributed by atoms with E-state index in [0.717, 1.165) is 0 Å². The molecule has 3 aliphatic rings. The first kappa shape index (κ1) is 33.6. The minimum atomic E-state index is -2.31. The smallest absolute Gasteiger partial charge is 0.344 e. The normalized spacial score (nSPS) is 41.1. The van der Waals surface area contributed by atoms with Gasteiger partial charge in [0.05, 0.1) is 24.4 Å². The summed E-state index contributed by atoms with van der Waals surface area (Å²) in [6, 6.07) is 0. The molecule has 0 radical (unpaired) electrons. The summed E-state index contributed by atoms with van der Waals surface area (Å²) in [5.74, 6) is -2.98. The second-order valence-corrected chi connectivity index (χ2v) is 12.4. The summed E-state index contributed by atoms with van der Waals surface area (Å²) < 4.78 is 17.2. The predicted molar refractivity (Wildman–Crippen MR) is 145 cm³/mol. The fraction of sp³-hybridized carbons (Fsp3) is 0.821. The predicted octanol–water partition coefficient (Wildman–Crippen LogP) is 1.81. The van der Waals surface area contributed by atoms with Crippen LogP contribution in [-0.2, 0) is 28.6 Å². The van der Waals surface area contributed by atoms with Crippen molar-refractivity contribution in [3.05, 3.63) is 12.7 Å². The molecular formula is C28H46ClNO9. The molecule has 0 spiro atoms. The molecule has 2 aliphatic carbocycles. The quantitative estimate of drug-likeness (QED) is 0.289. The maximum atomic E-state index is 13.9. The number of nitrogens with zero attached hydrogens (tertiary/aromatic N) is 1. The van der Waals surface area contributed by atoms with E-state index in [4.69, 9.17) is 14.2 Å². The topological polar surface area (TPSA) is 143 Å². The van der Waals surface area contributed by atoms with Gasteiger partial charge in [-0.15, -0.1) is 19.0 Å². The van der Waals surface area contributed by atoms with E-state index < -0.39 is 76.2 Å². The Morgan fingerprint density at radius 1 is 1.13 bits per heavy atom. The third-order valence-corrected chi connectivity index (χ3v) is 9.58. The van der Waals surface area contributed by atoms with E-state index in [-0.39, 0.29) is 25.4 Å². The number of hydrogen-bond donors (Lipinski definition) is 3. The SMILES string of the molecule is C=C[C@@]1(C)CC(=O)[C@]2(O)[C@@]3(C)[C@@H](O)CCC(C)(C)[C@@H]3[C@H](O)[C@H](OC(=O)COC(=O)CN(CC)CC)[C@@]2(C)O1.Cl. The van der Waals surface area contributed by atoms with E-state index in [2.05, 4.69) is 6.58 Å². The van der Waals surface area contributed by atoms with Crippen LogP contribution in [0.5, 0.6) is 0 Å². The lowest BCUT2D eigenvalue weighted by molar-refractivity contribution is -0.370. The first-order valence-corrected chi connectivity index (χ1v) is 13.5. The van der Waals surface area contributed by atoms with Gasteiger partial charge >= 0.3 is 11.9 Å². The van der Waals surface area contributed by atoms with Gasteiger partial charge in [0.2, 0.25) is 0 Å². The monoisotopic (exact) mass is 575 g/mol. The fourth-order valence-corrected chi connectivity index (χ4v) is 7.47. The Balaban J connectivity index is 0.00000533. The molecule has 11 heteroatoms. The highest BCUT2D eigenvalue weighted by Gasteiger charge is 2.81. The number of carbonyl (C=O) groups excluding carboxylic acids is 3. The number of halogens is 1. The molecule has 3 fully saturated rings. The van der Waals surface area contributed by atoms with Crippen LogP contribution in [0, 0.1) is 16.7 Å². The molecule has 3 rings (SSSR count). The highest BCUT2D eigenvalue weighted by atomic mass is 35.5. The van der Waals surface area contributed by atoms with E-state index in [1.807, 2.05) is 32.6 Å². The average Bonchev–Trinajstić information content (AvgIpc) is 2.84. The Hall–Kier alpha value is -1.56. The van der Waals surface area contributed by atoms with Crippen LogP contribution in [0.2, 0.25) is 0 Å². The minimum absolute atomic E-state index is 0. The van der Waals surface area contributed by atoms with E-state index in [1.54, 1.807) is 13.8 Å². The van der Waals surface area contributed by atoms with E-state index >= 15 is 0 Å². The first-order chi connectivity index (χ1) is 17.5. The molecule has 8 atom stereocenters. The molecule has 224 valence electrons. The molecule has 0 amide bonds. The van der Waals surface area contributed by atoms with Gasteiger partial charge in [-0.3, -0.25) is 14.5 Å². The van der Waals surface area contributed by atoms with Gasteiger partial charge in [-0.2, -0.15) is 0 Å². The molecule has 0 bridgehead atoms. The largest absolute Gasteiger partial charge is 0.454 e. The van der Waals surface area contributed by atoms with Crippen molar-refractivity contribution in [1.29, 1.82) is 0 Å². The molecule has 1 aliphatic heterocycles. The second kappa shape index (κ2) is 11.4. The third kappa shape index (κ3) is 5.17. The number of hydrogen-bond acceptors (Lipinski definition) is 10. The van der Waals surface area contributed by atoms with Crippen molar-refractivity contribution in [2.24, 2.45) is 16.7 Å². The van der Waals surface area contributed by atoms with Gasteiger partial charge in [-0.05, 0) is 45.2 Å². The lowest BCUT2D eigenvalue weighted by atomic mass is 9.40. The first-order valence-electron chi connectivity index (χ1n) is 13.5. The summed E-state index contributed by atoms with van der Waals surface area (Å²) in [6.07, 6.45) is -1.99. The molecule has 10 nitrogen and oxygen atoms in total. The van der Waals surface area contributed by atoms with Crippen LogP contribution in [0.25, 0.3) is 0 Å². The van der Waals surface area contributed by atoms with Crippen LogP contribution in [0.3, 0.4) is 0 Å². The molecule has 0 aromatic heterocycles. The van der Waals surface area contributed by atoms with Crippen LogP contribution in [0.15, 0.2) is 12.7 Å². The zero-order valence-corrected chi connectivity index (χ0v) is 25.0. The van der Waals surface area contributed by atoms with Crippen LogP contribution in [0.4, 0.5) is 0 Å². The maximum absolute atomic E-state index is 13.9. The van der Waals surface area contributed by atoms with Crippen molar-refractivity contribution >= 4 is 30.1 Å². The van der Waals surface area contributed by atoms with E-state index in [9.17, 15) is 29.7 Å². The van der Waals surface area contributed by atoms with Crippen LogP contribution in [-0.4, -0.2) is 99.3 Å². The number of likely N-dealkylation sites (N-methyl/N-ethyl adjacent to an activating group) is 1. The Bertz CT molecular complexity index is 971. The van der Waals surface area contributed by atoms with Crippen molar-refractivity contribution in [2.75, 3.05) is 26.2 Å². The summed E-state index contributed by atoms with van der Waals surface area (Å²) in [6.45, 7) is 16.6. The van der Waals surface area contributed by atoms with Gasteiger partial charge in [0.15, 0.2) is 24.1 Å². The lowest BCUT2D eigenvalue weighted by Gasteiger charge is -2.71. The van der Waals surface area contributed by atoms with Gasteiger partial charge in [-0.1, -0.05) is 40.7 Å². The summed E-state index contributed by atoms with van der Waals surface area (Å²) in [5, 5.41) is 35.5. The van der Waals surface area contributed by atoms with Gasteiger partial charge in [0, 0.05) is 17.8 Å². The summed E-state index contributed by atoms with van der Waals surface area (Å²) >= 11 is 0. The minimum Gasteiger partial charge on any atom is -0.454 e. The molecule has 2 saturated carbocycles. The number of aliphatic hydroxyl groups excluding tert-OH is 2. The zero-order chi connectivity index (χ0) is 28.9. The molecule has 0 aromatic carbocycles. The van der Waals surface area contributed by atoms with E-state index in [0.29, 0.717) is 25.9 Å². The van der Waals surface area contributed by atoms with Crippen molar-refractivity contribution < 1.29 is 43.9 Å². The summed E-state index contributed by atoms with van der Waals surface area (Å²) in [7, 11) is 0. The highest BCUT2D eigenvalue weighted by Crippen LogP contribution is 2.67. The molecule has 0 aromatic rings. The number of Topliss-reactive ketones (excluding diaryl/α,β-unsaturated/α-hetero) is 1. The maximum Gasteiger partial charge on any atom is 0.344 e. The van der Waals surface area contributed by atoms with Crippen LogP contribution in [0.1, 0.15) is 67.7 Å². The van der Waals surface area contributed by atoms with Gasteiger partial charge in [0.25, 0.3) is 0 Å². The van der Waals surface area contributed by atoms with Crippen molar-refractivity contribution in [3.8, 4) is 0 Å². The van der Waals surface area contributed by atoms with Crippen molar-refractivity contribution in [1.82, 2.24) is 4.90 Å². The summed E-state index contributed by atoms with van der Waals surface area (Å²) in [5.41, 5.74) is -7.64. The number of rotatable bonds is 8. The number of esters is 2. The number of carbonyl (C=O) groups is 3. The number of aliphatic hydroxyl groups is 3. The lowest BCUT2D eigenvalue weighted by Crippen LogP contribution is -2.86. The van der Waals surface area contributed by atoms with Gasteiger partial charge in [-0.25, -0.2) is 4.79 Å². The van der Waals surface area contributed by atoms with Crippen LogP contribution < -0.4 is 0 Å². The number of ketones is 1.